The molecule has 112 valence electrons. The van der Waals surface area contributed by atoms with E-state index in [0.717, 1.165) is 22.7 Å². The zero-order valence-corrected chi connectivity index (χ0v) is 12.5. The highest BCUT2D eigenvalue weighted by atomic mass is 16.5. The van der Waals surface area contributed by atoms with Crippen LogP contribution < -0.4 is 15.0 Å². The van der Waals surface area contributed by atoms with Crippen LogP contribution in [0.3, 0.4) is 0 Å². The Morgan fingerprint density at radius 3 is 2.59 bits per heavy atom. The van der Waals surface area contributed by atoms with Gasteiger partial charge in [0.15, 0.2) is 0 Å². The van der Waals surface area contributed by atoms with Crippen molar-refractivity contribution in [2.75, 3.05) is 12.3 Å². The van der Waals surface area contributed by atoms with Gasteiger partial charge < -0.3 is 4.74 Å². The Kier molecular flexibility index (Phi) is 4.10. The molecule has 0 aliphatic heterocycles. The summed E-state index contributed by atoms with van der Waals surface area (Å²) < 4.78 is 9.92. The average molecular weight is 294 g/mol. The molecule has 0 aliphatic rings. The van der Waals surface area contributed by atoms with Gasteiger partial charge in [0.2, 0.25) is 0 Å². The van der Waals surface area contributed by atoms with Crippen molar-refractivity contribution in [1.29, 1.82) is 0 Å². The van der Waals surface area contributed by atoms with Gasteiger partial charge in [0.1, 0.15) is 29.9 Å². The maximum absolute atomic E-state index is 6.30. The van der Waals surface area contributed by atoms with E-state index in [9.17, 15) is 0 Å². The summed E-state index contributed by atoms with van der Waals surface area (Å²) in [5.41, 5.74) is 8.52. The lowest BCUT2D eigenvalue weighted by atomic mass is 10.3. The fraction of sp³-hybridized carbons (Fsp3) is 0.167. The molecule has 0 spiro atoms. The fourth-order valence-electron chi connectivity index (χ4n) is 2.64. The molecule has 1 heterocycles. The quantitative estimate of drug-likeness (QED) is 0.561. The number of nitrogens with two attached hydrogens (primary N) is 1. The number of hydrogen-bond donors (Lipinski definition) is 1. The highest BCUT2D eigenvalue weighted by Crippen LogP contribution is 2.16. The van der Waals surface area contributed by atoms with E-state index in [2.05, 4.69) is 27.8 Å². The topological polar surface area (TPSA) is 44.1 Å². The predicted molar refractivity (Wildman–Crippen MR) is 88.7 cm³/mol. The van der Waals surface area contributed by atoms with Crippen molar-refractivity contribution in [3.63, 3.8) is 0 Å². The van der Waals surface area contributed by atoms with Crippen molar-refractivity contribution in [3.05, 3.63) is 67.3 Å². The van der Waals surface area contributed by atoms with Crippen LogP contribution in [0, 0.1) is 0 Å². The van der Waals surface area contributed by atoms with Crippen LogP contribution in [0.4, 0.5) is 5.95 Å². The number of benzene rings is 2. The molecule has 0 fully saturated rings. The number of ether oxygens (including phenoxy) is 1. The van der Waals surface area contributed by atoms with Gasteiger partial charge in [0, 0.05) is 0 Å². The number of hydrogen-bond acceptors (Lipinski definition) is 2. The standard InChI is InChI=1S/C18H19N3O/c1-2-12-20-16-10-6-7-11-17(16)21(18(20)19)13-14-22-15-8-4-3-5-9-15/h2-11,19H,1,12-14H2/p+1. The first-order chi connectivity index (χ1) is 10.8. The maximum atomic E-state index is 6.30. The van der Waals surface area contributed by atoms with Crippen LogP contribution in [0.1, 0.15) is 0 Å². The first kappa shape index (κ1) is 14.2. The average Bonchev–Trinajstić information content (AvgIpc) is 2.82. The molecular weight excluding hydrogens is 274 g/mol. The Balaban J connectivity index is 1.84. The third-order valence-corrected chi connectivity index (χ3v) is 3.65. The minimum Gasteiger partial charge on any atom is -0.490 e. The molecule has 0 unspecified atom stereocenters. The molecule has 0 amide bonds. The normalized spacial score (nSPS) is 10.7. The fourth-order valence-corrected chi connectivity index (χ4v) is 2.64. The van der Waals surface area contributed by atoms with E-state index in [1.54, 1.807) is 0 Å². The van der Waals surface area contributed by atoms with Crippen molar-refractivity contribution in [2.24, 2.45) is 0 Å². The largest absolute Gasteiger partial charge is 0.490 e. The second-order valence-electron chi connectivity index (χ2n) is 5.06. The highest BCUT2D eigenvalue weighted by Gasteiger charge is 2.19. The molecule has 22 heavy (non-hydrogen) atoms. The van der Waals surface area contributed by atoms with Crippen LogP contribution in [0.2, 0.25) is 0 Å². The third-order valence-electron chi connectivity index (χ3n) is 3.65. The number of fused-ring (bicyclic) bond motifs is 1. The van der Waals surface area contributed by atoms with Gasteiger partial charge in [-0.05, 0) is 24.3 Å². The second-order valence-corrected chi connectivity index (χ2v) is 5.06. The zero-order valence-electron chi connectivity index (χ0n) is 12.5. The van der Waals surface area contributed by atoms with Gasteiger partial charge in [0.05, 0.1) is 6.54 Å². The van der Waals surface area contributed by atoms with Crippen molar-refractivity contribution < 1.29 is 9.30 Å². The molecule has 0 saturated carbocycles. The van der Waals surface area contributed by atoms with Crippen LogP contribution in [-0.4, -0.2) is 11.2 Å². The first-order valence-electron chi connectivity index (χ1n) is 7.36. The van der Waals surface area contributed by atoms with Gasteiger partial charge in [-0.2, -0.15) is 0 Å². The SMILES string of the molecule is C=CCn1c(N)[n+](CCOc2ccccc2)c2ccccc21. The minimum atomic E-state index is 0.570. The van der Waals surface area contributed by atoms with E-state index in [1.165, 1.54) is 0 Å². The van der Waals surface area contributed by atoms with E-state index in [4.69, 9.17) is 10.5 Å². The molecule has 0 saturated heterocycles. The summed E-state index contributed by atoms with van der Waals surface area (Å²) >= 11 is 0. The first-order valence-corrected chi connectivity index (χ1v) is 7.36. The molecule has 0 radical (unpaired) electrons. The second kappa shape index (κ2) is 6.35. The molecule has 4 heteroatoms. The van der Waals surface area contributed by atoms with Crippen LogP contribution in [0.25, 0.3) is 11.0 Å². The molecule has 3 aromatic rings. The van der Waals surface area contributed by atoms with Gasteiger partial charge in [-0.25, -0.2) is 9.13 Å². The molecule has 2 N–H and O–H groups in total. The third kappa shape index (κ3) is 2.68. The van der Waals surface area contributed by atoms with E-state index in [-0.39, 0.29) is 0 Å². The van der Waals surface area contributed by atoms with Gasteiger partial charge >= 0.3 is 5.95 Å². The van der Waals surface area contributed by atoms with Gasteiger partial charge in [0.25, 0.3) is 0 Å². The lowest BCUT2D eigenvalue weighted by Gasteiger charge is -2.05. The molecule has 3 rings (SSSR count). The lowest BCUT2D eigenvalue weighted by Crippen LogP contribution is -2.39. The number of imidazole rings is 1. The summed E-state index contributed by atoms with van der Waals surface area (Å²) in [6.45, 7) is 5.77. The van der Waals surface area contributed by atoms with Crippen LogP contribution in [0.15, 0.2) is 67.3 Å². The lowest BCUT2D eigenvalue weighted by molar-refractivity contribution is -0.658. The van der Waals surface area contributed by atoms with Crippen LogP contribution in [-0.2, 0) is 13.1 Å². The number of aromatic nitrogens is 2. The monoisotopic (exact) mass is 294 g/mol. The number of allylic oxidation sites excluding steroid dienone is 1. The predicted octanol–water partition coefficient (Wildman–Crippen LogP) is 2.78. The van der Waals surface area contributed by atoms with Crippen molar-refractivity contribution in [2.45, 2.75) is 13.1 Å². The summed E-state index contributed by atoms with van der Waals surface area (Å²) in [5, 5.41) is 0. The highest BCUT2D eigenvalue weighted by molar-refractivity contribution is 5.73. The van der Waals surface area contributed by atoms with Crippen molar-refractivity contribution in [3.8, 4) is 5.75 Å². The summed E-state index contributed by atoms with van der Waals surface area (Å²) in [6, 6.07) is 18.0. The molecular formula is C18H20N3O+. The Bertz CT molecular complexity index is 778. The summed E-state index contributed by atoms with van der Waals surface area (Å²) in [7, 11) is 0. The number of nitrogens with zero attached hydrogens (tertiary/aromatic N) is 2. The summed E-state index contributed by atoms with van der Waals surface area (Å²) in [6.07, 6.45) is 1.85. The Morgan fingerprint density at radius 2 is 1.82 bits per heavy atom. The molecule has 0 atom stereocenters. The van der Waals surface area contributed by atoms with E-state index in [1.807, 2.05) is 48.5 Å². The number of nitrogen functional groups attached to an aromatic ring is 1. The molecule has 2 aromatic carbocycles. The zero-order chi connectivity index (χ0) is 15.4. The van der Waals surface area contributed by atoms with Crippen LogP contribution >= 0.6 is 0 Å². The van der Waals surface area contributed by atoms with Gasteiger partial charge in [-0.15, -0.1) is 0 Å². The van der Waals surface area contributed by atoms with Gasteiger partial charge in [-0.3, -0.25) is 5.73 Å². The van der Waals surface area contributed by atoms with Crippen LogP contribution in [0.5, 0.6) is 5.75 Å². The molecule has 0 aliphatic carbocycles. The Labute approximate surface area is 130 Å². The minimum absolute atomic E-state index is 0.570. The number of rotatable bonds is 6. The van der Waals surface area contributed by atoms with E-state index >= 15 is 0 Å². The van der Waals surface area contributed by atoms with E-state index < -0.39 is 0 Å². The molecule has 0 bridgehead atoms. The smallest absolute Gasteiger partial charge is 0.356 e. The van der Waals surface area contributed by atoms with Crippen molar-refractivity contribution in [1.82, 2.24) is 4.57 Å². The Morgan fingerprint density at radius 1 is 1.09 bits per heavy atom. The Hall–Kier alpha value is -2.75. The maximum Gasteiger partial charge on any atom is 0.356 e. The molecule has 1 aromatic heterocycles. The summed E-state index contributed by atoms with van der Waals surface area (Å²) in [4.78, 5) is 0. The van der Waals surface area contributed by atoms with Crippen molar-refractivity contribution >= 4 is 17.0 Å². The van der Waals surface area contributed by atoms with Gasteiger partial charge in [-0.1, -0.05) is 43.0 Å². The molecule has 4 nitrogen and oxygen atoms in total. The summed E-state index contributed by atoms with van der Waals surface area (Å²) in [5.74, 6) is 1.59. The number of anilines is 1. The number of para-hydroxylation sites is 3. The van der Waals surface area contributed by atoms with E-state index in [0.29, 0.717) is 19.7 Å².